The molecule has 0 saturated heterocycles. The number of nitrogens with two attached hydrogens (primary N) is 1. The van der Waals surface area contributed by atoms with Gasteiger partial charge in [0.1, 0.15) is 0 Å². The Bertz CT molecular complexity index is 186. The Hall–Kier alpha value is -0.120. The Morgan fingerprint density at radius 2 is 1.93 bits per heavy atom. The van der Waals surface area contributed by atoms with Gasteiger partial charge < -0.3 is 10.5 Å². The van der Waals surface area contributed by atoms with Gasteiger partial charge in [0.25, 0.3) is 0 Å². The summed E-state index contributed by atoms with van der Waals surface area (Å²) in [6.07, 6.45) is 5.06. The molecule has 1 aliphatic rings. The van der Waals surface area contributed by atoms with Crippen molar-refractivity contribution in [1.82, 2.24) is 4.90 Å². The maximum absolute atomic E-state index is 5.98. The molecule has 15 heavy (non-hydrogen) atoms. The van der Waals surface area contributed by atoms with Gasteiger partial charge in [-0.25, -0.2) is 0 Å². The Labute approximate surface area is 94.0 Å². The highest BCUT2D eigenvalue weighted by Gasteiger charge is 2.38. The first-order chi connectivity index (χ1) is 7.05. The van der Waals surface area contributed by atoms with E-state index in [2.05, 4.69) is 25.8 Å². The molecule has 0 aromatic rings. The SMILES string of the molecule is COC1CCC(CN)(N(C)C(C)C)CC1. The molecule has 3 nitrogen and oxygen atoms in total. The van der Waals surface area contributed by atoms with Gasteiger partial charge >= 0.3 is 0 Å². The van der Waals surface area contributed by atoms with Crippen molar-refractivity contribution in [3.8, 4) is 0 Å². The molecule has 1 rings (SSSR count). The number of ether oxygens (including phenoxy) is 1. The summed E-state index contributed by atoms with van der Waals surface area (Å²) < 4.78 is 5.41. The fourth-order valence-corrected chi connectivity index (χ4v) is 2.61. The molecule has 0 aromatic carbocycles. The zero-order chi connectivity index (χ0) is 11.5. The number of nitrogens with zero attached hydrogens (tertiary/aromatic N) is 1. The van der Waals surface area contributed by atoms with E-state index in [1.54, 1.807) is 0 Å². The van der Waals surface area contributed by atoms with Crippen molar-refractivity contribution in [2.45, 2.75) is 57.2 Å². The van der Waals surface area contributed by atoms with Crippen molar-refractivity contribution in [3.05, 3.63) is 0 Å². The molecule has 0 bridgehead atoms. The standard InChI is InChI=1S/C12H26N2O/c1-10(2)14(3)12(9-13)7-5-11(15-4)6-8-12/h10-11H,5-9,13H2,1-4H3. The first-order valence-electron chi connectivity index (χ1n) is 6.01. The largest absolute Gasteiger partial charge is 0.381 e. The van der Waals surface area contributed by atoms with E-state index < -0.39 is 0 Å². The smallest absolute Gasteiger partial charge is 0.0572 e. The fraction of sp³-hybridized carbons (Fsp3) is 1.00. The minimum Gasteiger partial charge on any atom is -0.381 e. The quantitative estimate of drug-likeness (QED) is 0.773. The van der Waals surface area contributed by atoms with Crippen LogP contribution in [0.5, 0.6) is 0 Å². The second kappa shape index (κ2) is 5.28. The van der Waals surface area contributed by atoms with Gasteiger partial charge in [-0.1, -0.05) is 0 Å². The highest BCUT2D eigenvalue weighted by molar-refractivity contribution is 4.96. The molecule has 1 aliphatic carbocycles. The second-order valence-corrected chi connectivity index (χ2v) is 5.07. The van der Waals surface area contributed by atoms with Crippen LogP contribution < -0.4 is 5.73 Å². The molecular weight excluding hydrogens is 188 g/mol. The summed E-state index contributed by atoms with van der Waals surface area (Å²) in [5.74, 6) is 0. The average Bonchev–Trinajstić information content (AvgIpc) is 2.28. The predicted octanol–water partition coefficient (Wildman–Crippen LogP) is 1.61. The third-order valence-electron chi connectivity index (χ3n) is 4.10. The summed E-state index contributed by atoms with van der Waals surface area (Å²) in [4.78, 5) is 2.44. The van der Waals surface area contributed by atoms with Crippen molar-refractivity contribution in [1.29, 1.82) is 0 Å². The average molecular weight is 214 g/mol. The minimum atomic E-state index is 0.212. The van der Waals surface area contributed by atoms with Crippen LogP contribution in [0.25, 0.3) is 0 Å². The lowest BCUT2D eigenvalue weighted by Gasteiger charge is -2.47. The number of methoxy groups -OCH3 is 1. The monoisotopic (exact) mass is 214 g/mol. The lowest BCUT2D eigenvalue weighted by molar-refractivity contribution is -0.00750. The Morgan fingerprint density at radius 3 is 2.27 bits per heavy atom. The van der Waals surface area contributed by atoms with Gasteiger partial charge in [-0.3, -0.25) is 4.90 Å². The molecule has 1 saturated carbocycles. The normalized spacial score (nSPS) is 32.6. The van der Waals surface area contributed by atoms with Crippen LogP contribution in [-0.2, 0) is 4.74 Å². The summed E-state index contributed by atoms with van der Waals surface area (Å²) in [5, 5.41) is 0. The minimum absolute atomic E-state index is 0.212. The first kappa shape index (κ1) is 12.9. The van der Waals surface area contributed by atoms with Crippen molar-refractivity contribution in [3.63, 3.8) is 0 Å². The lowest BCUT2D eigenvalue weighted by atomic mass is 9.78. The zero-order valence-corrected chi connectivity index (χ0v) is 10.6. The van der Waals surface area contributed by atoms with Gasteiger partial charge in [-0.2, -0.15) is 0 Å². The molecule has 0 unspecified atom stereocenters. The Kier molecular flexibility index (Phi) is 4.56. The second-order valence-electron chi connectivity index (χ2n) is 5.07. The fourth-order valence-electron chi connectivity index (χ4n) is 2.61. The molecule has 0 aliphatic heterocycles. The molecule has 0 heterocycles. The van der Waals surface area contributed by atoms with Gasteiger partial charge in [-0.15, -0.1) is 0 Å². The van der Waals surface area contributed by atoms with Crippen LogP contribution in [0.3, 0.4) is 0 Å². The molecule has 2 N–H and O–H groups in total. The van der Waals surface area contributed by atoms with Gasteiger partial charge in [0.05, 0.1) is 6.10 Å². The topological polar surface area (TPSA) is 38.5 Å². The van der Waals surface area contributed by atoms with Crippen LogP contribution in [-0.4, -0.2) is 43.3 Å². The van der Waals surface area contributed by atoms with Gasteiger partial charge in [-0.05, 0) is 46.6 Å². The maximum atomic E-state index is 5.98. The van der Waals surface area contributed by atoms with E-state index in [0.29, 0.717) is 12.1 Å². The molecule has 1 fully saturated rings. The van der Waals surface area contributed by atoms with Crippen molar-refractivity contribution >= 4 is 0 Å². The third kappa shape index (κ3) is 2.71. The zero-order valence-electron chi connectivity index (χ0n) is 10.6. The van der Waals surface area contributed by atoms with E-state index >= 15 is 0 Å². The predicted molar refractivity (Wildman–Crippen MR) is 63.9 cm³/mol. The highest BCUT2D eigenvalue weighted by atomic mass is 16.5. The van der Waals surface area contributed by atoms with Crippen LogP contribution in [0, 0.1) is 0 Å². The van der Waals surface area contributed by atoms with Crippen molar-refractivity contribution < 1.29 is 4.74 Å². The van der Waals surface area contributed by atoms with E-state index in [9.17, 15) is 0 Å². The van der Waals surface area contributed by atoms with E-state index in [4.69, 9.17) is 10.5 Å². The number of likely N-dealkylation sites (N-methyl/N-ethyl adjacent to an activating group) is 1. The summed E-state index contributed by atoms with van der Waals surface area (Å²) in [6, 6.07) is 0.563. The molecule has 0 radical (unpaired) electrons. The molecule has 90 valence electrons. The van der Waals surface area contributed by atoms with Crippen LogP contribution in [0.15, 0.2) is 0 Å². The van der Waals surface area contributed by atoms with E-state index in [-0.39, 0.29) is 5.54 Å². The molecule has 0 spiro atoms. The molecular formula is C12H26N2O. The summed E-state index contributed by atoms with van der Waals surface area (Å²) >= 11 is 0. The summed E-state index contributed by atoms with van der Waals surface area (Å²) in [6.45, 7) is 5.23. The number of hydrogen-bond donors (Lipinski definition) is 1. The van der Waals surface area contributed by atoms with E-state index in [1.807, 2.05) is 7.11 Å². The highest BCUT2D eigenvalue weighted by Crippen LogP contribution is 2.34. The Balaban J connectivity index is 2.63. The van der Waals surface area contributed by atoms with Crippen LogP contribution in [0.4, 0.5) is 0 Å². The van der Waals surface area contributed by atoms with Crippen LogP contribution in [0.2, 0.25) is 0 Å². The molecule has 0 aromatic heterocycles. The first-order valence-corrected chi connectivity index (χ1v) is 6.01. The van der Waals surface area contributed by atoms with Crippen LogP contribution >= 0.6 is 0 Å². The molecule has 0 atom stereocenters. The number of hydrogen-bond acceptors (Lipinski definition) is 3. The van der Waals surface area contributed by atoms with E-state index in [0.717, 1.165) is 32.2 Å². The van der Waals surface area contributed by atoms with Gasteiger partial charge in [0.2, 0.25) is 0 Å². The van der Waals surface area contributed by atoms with Crippen molar-refractivity contribution in [2.75, 3.05) is 20.7 Å². The Morgan fingerprint density at radius 1 is 1.40 bits per heavy atom. The number of rotatable bonds is 4. The lowest BCUT2D eigenvalue weighted by Crippen LogP contribution is -2.56. The molecule has 3 heteroatoms. The van der Waals surface area contributed by atoms with Gasteiger partial charge in [0.15, 0.2) is 0 Å². The summed E-state index contributed by atoms with van der Waals surface area (Å²) in [5.41, 5.74) is 6.19. The van der Waals surface area contributed by atoms with Crippen molar-refractivity contribution in [2.24, 2.45) is 5.73 Å². The summed E-state index contributed by atoms with van der Waals surface area (Å²) in [7, 11) is 4.01. The van der Waals surface area contributed by atoms with E-state index in [1.165, 1.54) is 0 Å². The van der Waals surface area contributed by atoms with Crippen LogP contribution in [0.1, 0.15) is 39.5 Å². The molecule has 0 amide bonds. The van der Waals surface area contributed by atoms with Gasteiger partial charge in [0, 0.05) is 25.2 Å². The maximum Gasteiger partial charge on any atom is 0.0572 e. The third-order valence-corrected chi connectivity index (χ3v) is 4.10.